The van der Waals surface area contributed by atoms with Crippen LogP contribution in [0.5, 0.6) is 0 Å². The molecule has 0 unspecified atom stereocenters. The number of esters is 1. The Bertz CT molecular complexity index is 1080. The lowest BCUT2D eigenvalue weighted by Crippen LogP contribution is -2.48. The van der Waals surface area contributed by atoms with E-state index in [1.54, 1.807) is 57.2 Å². The fourth-order valence-electron chi connectivity index (χ4n) is 2.87. The number of benzene rings is 2. The molecule has 154 valence electrons. The van der Waals surface area contributed by atoms with Crippen molar-refractivity contribution >= 4 is 43.6 Å². The molecule has 0 saturated carbocycles. The van der Waals surface area contributed by atoms with Gasteiger partial charge >= 0.3 is 12.0 Å². The van der Waals surface area contributed by atoms with Gasteiger partial charge in [0.25, 0.3) is 10.0 Å². The van der Waals surface area contributed by atoms with E-state index in [1.807, 2.05) is 0 Å². The van der Waals surface area contributed by atoms with Crippen LogP contribution >= 0.6 is 15.9 Å². The zero-order valence-electron chi connectivity index (χ0n) is 16.5. The maximum Gasteiger partial charge on any atom is 0.338 e. The van der Waals surface area contributed by atoms with Gasteiger partial charge in [-0.1, -0.05) is 28.1 Å². The summed E-state index contributed by atoms with van der Waals surface area (Å²) < 4.78 is 32.8. The van der Waals surface area contributed by atoms with E-state index in [4.69, 9.17) is 4.74 Å². The molecule has 0 fully saturated rings. The van der Waals surface area contributed by atoms with E-state index < -0.39 is 27.6 Å². The number of hydrogen-bond acceptors (Lipinski definition) is 5. The summed E-state index contributed by atoms with van der Waals surface area (Å²) in [6.07, 6.45) is 0. The molecule has 2 aromatic carbocycles. The molecule has 0 saturated heterocycles. The van der Waals surface area contributed by atoms with Crippen molar-refractivity contribution in [3.05, 3.63) is 58.1 Å². The molecule has 0 radical (unpaired) electrons. The van der Waals surface area contributed by atoms with E-state index in [0.717, 1.165) is 4.31 Å². The van der Waals surface area contributed by atoms with Crippen LogP contribution in [0.25, 0.3) is 0 Å². The summed E-state index contributed by atoms with van der Waals surface area (Å²) >= 11 is 3.28. The van der Waals surface area contributed by atoms with E-state index >= 15 is 0 Å². The van der Waals surface area contributed by atoms with Crippen LogP contribution < -0.4 is 4.90 Å². The van der Waals surface area contributed by atoms with Crippen LogP contribution in [0.15, 0.2) is 51.8 Å². The number of halogens is 1. The Morgan fingerprint density at radius 1 is 1.10 bits per heavy atom. The van der Waals surface area contributed by atoms with E-state index in [2.05, 4.69) is 15.9 Å². The number of fused-ring (bicyclic) bond motifs is 1. The Morgan fingerprint density at radius 3 is 2.31 bits per heavy atom. The van der Waals surface area contributed by atoms with Crippen LogP contribution in [0, 0.1) is 0 Å². The number of anilines is 1. The number of carbonyl (C=O) groups excluding carboxylic acids is 2. The highest BCUT2D eigenvalue weighted by atomic mass is 79.9. The van der Waals surface area contributed by atoms with Gasteiger partial charge < -0.3 is 4.74 Å². The molecule has 0 bridgehead atoms. The summed E-state index contributed by atoms with van der Waals surface area (Å²) in [4.78, 5) is 26.2. The van der Waals surface area contributed by atoms with Gasteiger partial charge in [0.15, 0.2) is 0 Å². The van der Waals surface area contributed by atoms with Gasteiger partial charge in [-0.2, -0.15) is 0 Å². The first-order chi connectivity index (χ1) is 13.4. The zero-order chi connectivity index (χ0) is 21.6. The molecule has 0 aromatic heterocycles. The number of rotatable bonds is 3. The number of sulfonamides is 1. The normalized spacial score (nSPS) is 15.8. The Morgan fingerprint density at radius 2 is 1.72 bits per heavy atom. The molecule has 1 heterocycles. The predicted octanol–water partition coefficient (Wildman–Crippen LogP) is 4.17. The van der Waals surface area contributed by atoms with Crippen LogP contribution in [0.1, 0.15) is 36.7 Å². The first-order valence-electron chi connectivity index (χ1n) is 8.82. The monoisotopic (exact) mass is 480 g/mol. The van der Waals surface area contributed by atoms with Crippen LogP contribution in [0.3, 0.4) is 0 Å². The number of ether oxygens (including phenoxy) is 1. The molecule has 9 heteroatoms. The molecule has 7 nitrogen and oxygen atoms in total. The van der Waals surface area contributed by atoms with Crippen molar-refractivity contribution in [3.63, 3.8) is 0 Å². The average molecular weight is 481 g/mol. The third-order valence-corrected chi connectivity index (χ3v) is 6.51. The number of carbonyl (C=O) groups is 2. The Kier molecular flexibility index (Phi) is 5.48. The maximum absolute atomic E-state index is 13.0. The number of urea groups is 1. The van der Waals surface area contributed by atoms with E-state index in [0.29, 0.717) is 21.3 Å². The first-order valence-corrected chi connectivity index (χ1v) is 11.1. The van der Waals surface area contributed by atoms with Crippen LogP contribution in [-0.2, 0) is 21.3 Å². The van der Waals surface area contributed by atoms with Crippen LogP contribution in [-0.4, -0.2) is 37.4 Å². The predicted molar refractivity (Wildman–Crippen MR) is 112 cm³/mol. The number of hydrogen-bond donors (Lipinski definition) is 0. The molecule has 0 aliphatic carbocycles. The lowest BCUT2D eigenvalue weighted by molar-refractivity contribution is 0.00694. The third kappa shape index (κ3) is 4.30. The molecule has 1 aliphatic heterocycles. The van der Waals surface area contributed by atoms with Gasteiger partial charge in [-0.3, -0.25) is 4.90 Å². The molecule has 0 N–H and O–H groups in total. The van der Waals surface area contributed by atoms with Crippen molar-refractivity contribution < 1.29 is 22.7 Å². The van der Waals surface area contributed by atoms with Crippen LogP contribution in [0.4, 0.5) is 10.5 Å². The van der Waals surface area contributed by atoms with Gasteiger partial charge in [0.2, 0.25) is 0 Å². The van der Waals surface area contributed by atoms with E-state index in [9.17, 15) is 18.0 Å². The number of nitrogens with zero attached hydrogens (tertiary/aromatic N) is 2. The van der Waals surface area contributed by atoms with E-state index in [-0.39, 0.29) is 11.4 Å². The third-order valence-electron chi connectivity index (χ3n) is 4.27. The molecule has 2 amide bonds. The largest absolute Gasteiger partial charge is 0.456 e. The summed E-state index contributed by atoms with van der Waals surface area (Å²) in [7, 11) is -2.49. The molecule has 29 heavy (non-hydrogen) atoms. The molecular formula is C20H21BrN2O5S. The smallest absolute Gasteiger partial charge is 0.338 e. The van der Waals surface area contributed by atoms with Crippen molar-refractivity contribution in [2.45, 2.75) is 37.8 Å². The lowest BCUT2D eigenvalue weighted by Gasteiger charge is -2.34. The van der Waals surface area contributed by atoms with Crippen LogP contribution in [0.2, 0.25) is 0 Å². The van der Waals surface area contributed by atoms with Gasteiger partial charge in [0, 0.05) is 11.5 Å². The Balaban J connectivity index is 1.88. The van der Waals surface area contributed by atoms with Crippen molar-refractivity contribution in [2.75, 3.05) is 11.9 Å². The average Bonchev–Trinajstić information content (AvgIpc) is 2.63. The summed E-state index contributed by atoms with van der Waals surface area (Å²) in [6.45, 7) is 5.18. The molecule has 1 aliphatic rings. The minimum absolute atomic E-state index is 0.0550. The van der Waals surface area contributed by atoms with Crippen molar-refractivity contribution in [3.8, 4) is 0 Å². The van der Waals surface area contributed by atoms with Crippen molar-refractivity contribution in [1.29, 1.82) is 0 Å². The zero-order valence-corrected chi connectivity index (χ0v) is 18.9. The Labute approximate surface area is 178 Å². The topological polar surface area (TPSA) is 84.0 Å². The highest BCUT2D eigenvalue weighted by Gasteiger charge is 2.40. The molecular weight excluding hydrogens is 460 g/mol. The summed E-state index contributed by atoms with van der Waals surface area (Å²) in [5.74, 6) is -0.468. The lowest BCUT2D eigenvalue weighted by atomic mass is 10.1. The summed E-state index contributed by atoms with van der Waals surface area (Å²) in [6, 6.07) is 10.4. The second kappa shape index (κ2) is 7.46. The molecule has 3 rings (SSSR count). The fourth-order valence-corrected chi connectivity index (χ4v) is 5.01. The van der Waals surface area contributed by atoms with Gasteiger partial charge in [-0.15, -0.1) is 0 Å². The quantitative estimate of drug-likeness (QED) is 0.615. The van der Waals surface area contributed by atoms with Gasteiger partial charge in [-0.25, -0.2) is 22.3 Å². The summed E-state index contributed by atoms with van der Waals surface area (Å²) in [5.41, 5.74) is 0.634. The second-order valence-corrected chi connectivity index (χ2v) is 10.4. The first kappa shape index (κ1) is 21.3. The minimum atomic E-state index is -4.02. The molecule has 2 aromatic rings. The van der Waals surface area contributed by atoms with Gasteiger partial charge in [0.05, 0.1) is 17.8 Å². The Hall–Kier alpha value is -2.39. The van der Waals surface area contributed by atoms with Crippen molar-refractivity contribution in [2.24, 2.45) is 0 Å². The SMILES string of the molecule is CN1C(=O)N(Cc2ccc(C(=O)OC(C)(C)C)cc2)S(=O)(=O)c2cc(Br)ccc21. The fraction of sp³-hybridized carbons (Fsp3) is 0.300. The van der Waals surface area contributed by atoms with Crippen molar-refractivity contribution in [1.82, 2.24) is 4.31 Å². The molecule has 0 spiro atoms. The molecule has 0 atom stereocenters. The highest BCUT2D eigenvalue weighted by molar-refractivity contribution is 9.10. The summed E-state index contributed by atoms with van der Waals surface area (Å²) in [5, 5.41) is 0. The number of amides is 2. The highest BCUT2D eigenvalue weighted by Crippen LogP contribution is 2.36. The van der Waals surface area contributed by atoms with Gasteiger partial charge in [-0.05, 0) is 56.7 Å². The van der Waals surface area contributed by atoms with E-state index in [1.165, 1.54) is 18.0 Å². The maximum atomic E-state index is 13.0. The standard InChI is InChI=1S/C20H21BrN2O5S/c1-20(2,3)28-18(24)14-7-5-13(6-8-14)12-23-19(25)22(4)16-10-9-15(21)11-17(16)29(23,26)27/h5-11H,12H2,1-4H3. The second-order valence-electron chi connectivity index (χ2n) is 7.66. The minimum Gasteiger partial charge on any atom is -0.456 e. The van der Waals surface area contributed by atoms with Gasteiger partial charge in [0.1, 0.15) is 10.5 Å².